The van der Waals surface area contributed by atoms with Gasteiger partial charge in [-0.25, -0.2) is 4.68 Å². The van der Waals surface area contributed by atoms with Gasteiger partial charge in [0.1, 0.15) is 21.9 Å². The van der Waals surface area contributed by atoms with E-state index in [4.69, 9.17) is 40.1 Å². The lowest BCUT2D eigenvalue weighted by Crippen LogP contribution is -2.20. The number of alkyl halides is 1. The van der Waals surface area contributed by atoms with Crippen molar-refractivity contribution in [2.75, 3.05) is 11.2 Å². The SMILES string of the molecule is N#Cc1cnn(CCCl)c1NC1=CC(=O)C(CC=C(Cl)Cl)CC1. The molecule has 1 unspecified atom stereocenters. The molecule has 0 aromatic carbocycles. The van der Waals surface area contributed by atoms with Gasteiger partial charge < -0.3 is 5.32 Å². The van der Waals surface area contributed by atoms with Crippen LogP contribution in [-0.2, 0) is 11.3 Å². The Labute approximate surface area is 149 Å². The van der Waals surface area contributed by atoms with E-state index in [2.05, 4.69) is 16.5 Å². The molecule has 0 aliphatic heterocycles. The summed E-state index contributed by atoms with van der Waals surface area (Å²) in [6, 6.07) is 2.08. The van der Waals surface area contributed by atoms with Gasteiger partial charge in [-0.15, -0.1) is 11.6 Å². The van der Waals surface area contributed by atoms with Gasteiger partial charge in [-0.05, 0) is 19.3 Å². The Kier molecular flexibility index (Phi) is 6.52. The number of carbonyl (C=O) groups excluding carboxylic acids is 1. The maximum absolute atomic E-state index is 12.2. The van der Waals surface area contributed by atoms with Gasteiger partial charge in [0.25, 0.3) is 0 Å². The van der Waals surface area contributed by atoms with Crippen molar-refractivity contribution in [1.82, 2.24) is 9.78 Å². The number of hydrogen-bond acceptors (Lipinski definition) is 4. The van der Waals surface area contributed by atoms with Gasteiger partial charge in [-0.3, -0.25) is 4.79 Å². The van der Waals surface area contributed by atoms with Crippen LogP contribution >= 0.6 is 34.8 Å². The number of nitrogens with one attached hydrogen (secondary N) is 1. The van der Waals surface area contributed by atoms with Crippen LogP contribution in [-0.4, -0.2) is 21.4 Å². The second kappa shape index (κ2) is 8.39. The van der Waals surface area contributed by atoms with Crippen molar-refractivity contribution in [3.8, 4) is 6.07 Å². The minimum atomic E-state index is -0.115. The Morgan fingerprint density at radius 1 is 1.57 bits per heavy atom. The molecule has 0 bridgehead atoms. The smallest absolute Gasteiger partial charge is 0.160 e. The topological polar surface area (TPSA) is 70.7 Å². The predicted molar refractivity (Wildman–Crippen MR) is 91.5 cm³/mol. The number of nitrogens with zero attached hydrogens (tertiary/aromatic N) is 3. The second-order valence-corrected chi connectivity index (χ2v) is 6.48. The van der Waals surface area contributed by atoms with E-state index in [9.17, 15) is 4.79 Å². The molecule has 8 heteroatoms. The lowest BCUT2D eigenvalue weighted by Gasteiger charge is -2.21. The van der Waals surface area contributed by atoms with Crippen molar-refractivity contribution in [2.24, 2.45) is 5.92 Å². The third-order valence-electron chi connectivity index (χ3n) is 3.57. The molecule has 1 aromatic heterocycles. The minimum Gasteiger partial charge on any atom is -0.343 e. The van der Waals surface area contributed by atoms with E-state index in [1.807, 2.05) is 0 Å². The van der Waals surface area contributed by atoms with Gasteiger partial charge in [0.2, 0.25) is 0 Å². The van der Waals surface area contributed by atoms with Crippen LogP contribution in [0.3, 0.4) is 0 Å². The summed E-state index contributed by atoms with van der Waals surface area (Å²) in [5.74, 6) is 0.851. The molecule has 0 radical (unpaired) electrons. The number of hydrogen-bond donors (Lipinski definition) is 1. The van der Waals surface area contributed by atoms with Gasteiger partial charge in [-0.1, -0.05) is 29.3 Å². The molecular weight excluding hydrogens is 359 g/mol. The van der Waals surface area contributed by atoms with Crippen LogP contribution < -0.4 is 5.32 Å². The summed E-state index contributed by atoms with van der Waals surface area (Å²) in [6.45, 7) is 0.481. The van der Waals surface area contributed by atoms with Gasteiger partial charge in [0, 0.05) is 23.6 Å². The number of aromatic nitrogens is 2. The summed E-state index contributed by atoms with van der Waals surface area (Å²) >= 11 is 16.9. The molecule has 0 fully saturated rings. The number of halogens is 3. The molecule has 1 heterocycles. The molecule has 23 heavy (non-hydrogen) atoms. The molecular formula is C15H15Cl3N4O. The highest BCUT2D eigenvalue weighted by atomic mass is 35.5. The highest BCUT2D eigenvalue weighted by Crippen LogP contribution is 2.27. The first-order valence-electron chi connectivity index (χ1n) is 7.09. The Morgan fingerprint density at radius 3 is 2.96 bits per heavy atom. The number of ketones is 1. The van der Waals surface area contributed by atoms with Crippen molar-refractivity contribution in [3.05, 3.63) is 34.1 Å². The summed E-state index contributed by atoms with van der Waals surface area (Å²) in [6.07, 6.45) is 6.61. The molecule has 0 saturated carbocycles. The molecule has 2 rings (SSSR count). The second-order valence-electron chi connectivity index (χ2n) is 5.09. The van der Waals surface area contributed by atoms with Crippen molar-refractivity contribution in [3.63, 3.8) is 0 Å². The van der Waals surface area contributed by atoms with Crippen LogP contribution in [0.25, 0.3) is 0 Å². The Bertz CT molecular complexity index is 683. The van der Waals surface area contributed by atoms with E-state index in [-0.39, 0.29) is 16.2 Å². The van der Waals surface area contributed by atoms with Crippen molar-refractivity contribution < 1.29 is 4.79 Å². The fraction of sp³-hybridized carbons (Fsp3) is 0.400. The zero-order chi connectivity index (χ0) is 16.8. The number of rotatable bonds is 6. The fourth-order valence-corrected chi connectivity index (χ4v) is 2.74. The molecule has 0 spiro atoms. The van der Waals surface area contributed by atoms with E-state index in [1.165, 1.54) is 6.20 Å². The monoisotopic (exact) mass is 372 g/mol. The third-order valence-corrected chi connectivity index (χ3v) is 4.05. The third kappa shape index (κ3) is 4.74. The van der Waals surface area contributed by atoms with Gasteiger partial charge in [0.15, 0.2) is 5.78 Å². The highest BCUT2D eigenvalue weighted by molar-refractivity contribution is 6.55. The lowest BCUT2D eigenvalue weighted by molar-refractivity contribution is -0.118. The standard InChI is InChI=1S/C15H15Cl3N4O/c16-5-6-22-15(11(8-19)9-20-22)21-12-3-1-10(13(23)7-12)2-4-14(17)18/h4,7,9-10,21H,1-3,5-6H2. The minimum absolute atomic E-state index is 0.0199. The quantitative estimate of drug-likeness (QED) is 0.766. The number of carbonyl (C=O) groups is 1. The maximum atomic E-state index is 12.2. The molecule has 0 amide bonds. The first-order chi connectivity index (χ1) is 11.0. The predicted octanol–water partition coefficient (Wildman–Crippen LogP) is 3.98. The average Bonchev–Trinajstić information content (AvgIpc) is 2.89. The van der Waals surface area contributed by atoms with Crippen LogP contribution in [0.2, 0.25) is 0 Å². The van der Waals surface area contributed by atoms with Gasteiger partial charge in [0.05, 0.1) is 12.7 Å². The lowest BCUT2D eigenvalue weighted by atomic mass is 9.88. The molecule has 1 atom stereocenters. The molecule has 1 N–H and O–H groups in total. The van der Waals surface area contributed by atoms with Crippen LogP contribution in [0.4, 0.5) is 5.82 Å². The number of nitriles is 1. The Balaban J connectivity index is 2.12. The van der Waals surface area contributed by atoms with Crippen molar-refractivity contribution in [1.29, 1.82) is 5.26 Å². The first kappa shape index (κ1) is 17.9. The molecule has 1 aliphatic carbocycles. The van der Waals surface area contributed by atoms with Crippen LogP contribution in [0.5, 0.6) is 0 Å². The maximum Gasteiger partial charge on any atom is 0.160 e. The number of anilines is 1. The Hall–Kier alpha value is -1.48. The molecule has 5 nitrogen and oxygen atoms in total. The number of allylic oxidation sites excluding steroid dienone is 3. The molecule has 122 valence electrons. The summed E-state index contributed by atoms with van der Waals surface area (Å²) in [7, 11) is 0. The zero-order valence-corrected chi connectivity index (χ0v) is 14.5. The largest absolute Gasteiger partial charge is 0.343 e. The van der Waals surface area contributed by atoms with Gasteiger partial charge >= 0.3 is 0 Å². The summed E-state index contributed by atoms with van der Waals surface area (Å²) in [5.41, 5.74) is 1.18. The normalized spacial score (nSPS) is 17.4. The average molecular weight is 374 g/mol. The van der Waals surface area contributed by atoms with Crippen LogP contribution in [0.15, 0.2) is 28.5 Å². The van der Waals surface area contributed by atoms with Crippen LogP contribution in [0.1, 0.15) is 24.8 Å². The van der Waals surface area contributed by atoms with E-state index >= 15 is 0 Å². The summed E-state index contributed by atoms with van der Waals surface area (Å²) in [5, 5.41) is 16.4. The van der Waals surface area contributed by atoms with E-state index in [1.54, 1.807) is 16.8 Å². The van der Waals surface area contributed by atoms with E-state index in [0.717, 1.165) is 5.70 Å². The Morgan fingerprint density at radius 2 is 2.35 bits per heavy atom. The first-order valence-corrected chi connectivity index (χ1v) is 8.38. The molecule has 0 saturated heterocycles. The highest BCUT2D eigenvalue weighted by Gasteiger charge is 2.23. The number of aryl methyl sites for hydroxylation is 1. The van der Waals surface area contributed by atoms with Crippen molar-refractivity contribution in [2.45, 2.75) is 25.8 Å². The summed E-state index contributed by atoms with van der Waals surface area (Å²) in [4.78, 5) is 12.2. The fourth-order valence-electron chi connectivity index (χ4n) is 2.40. The molecule has 1 aliphatic rings. The summed E-state index contributed by atoms with van der Waals surface area (Å²) < 4.78 is 1.80. The van der Waals surface area contributed by atoms with Crippen molar-refractivity contribution >= 4 is 46.4 Å². The zero-order valence-electron chi connectivity index (χ0n) is 12.2. The van der Waals surface area contributed by atoms with E-state index < -0.39 is 0 Å². The molecule has 1 aromatic rings. The van der Waals surface area contributed by atoms with Crippen LogP contribution in [0, 0.1) is 17.2 Å². The van der Waals surface area contributed by atoms with E-state index in [0.29, 0.717) is 43.1 Å². The van der Waals surface area contributed by atoms with Gasteiger partial charge in [-0.2, -0.15) is 10.4 Å².